The van der Waals surface area contributed by atoms with Gasteiger partial charge in [-0.2, -0.15) is 0 Å². The highest BCUT2D eigenvalue weighted by Crippen LogP contribution is 2.15. The molecule has 0 saturated heterocycles. The summed E-state index contributed by atoms with van der Waals surface area (Å²) in [6, 6.07) is 0. The summed E-state index contributed by atoms with van der Waals surface area (Å²) < 4.78 is 4.89. The van der Waals surface area contributed by atoms with Crippen molar-refractivity contribution >= 4 is 5.97 Å². The molecular formula is C27H54O4. The van der Waals surface area contributed by atoms with Gasteiger partial charge in [0, 0.05) is 6.42 Å². The zero-order chi connectivity index (χ0) is 22.8. The minimum Gasteiger partial charge on any atom is -0.463 e. The standard InChI is InChI=1S/C27H54O4/c1-2-3-4-5-6-7-8-9-10-11-12-13-14-15-16-17-18-19-20-21-22-23-27(30)31-25-26(29)24-28/h26,28-29H,2-25H2,1H3/t26-/m0/s1. The van der Waals surface area contributed by atoms with Crippen molar-refractivity contribution < 1.29 is 19.7 Å². The van der Waals surface area contributed by atoms with Crippen molar-refractivity contribution in [2.24, 2.45) is 0 Å². The van der Waals surface area contributed by atoms with Crippen LogP contribution in [0.2, 0.25) is 0 Å². The van der Waals surface area contributed by atoms with Crippen LogP contribution < -0.4 is 0 Å². The van der Waals surface area contributed by atoms with E-state index in [-0.39, 0.29) is 19.2 Å². The Morgan fingerprint density at radius 2 is 0.935 bits per heavy atom. The van der Waals surface area contributed by atoms with Gasteiger partial charge in [0.05, 0.1) is 6.61 Å². The Labute approximate surface area is 193 Å². The largest absolute Gasteiger partial charge is 0.463 e. The van der Waals surface area contributed by atoms with E-state index in [0.717, 1.165) is 12.8 Å². The molecular weight excluding hydrogens is 388 g/mol. The average Bonchev–Trinajstić information content (AvgIpc) is 2.78. The van der Waals surface area contributed by atoms with Gasteiger partial charge in [-0.1, -0.05) is 135 Å². The van der Waals surface area contributed by atoms with E-state index >= 15 is 0 Å². The lowest BCUT2D eigenvalue weighted by Gasteiger charge is -2.08. The van der Waals surface area contributed by atoms with E-state index in [9.17, 15) is 4.79 Å². The number of hydrogen-bond acceptors (Lipinski definition) is 4. The second-order valence-corrected chi connectivity index (χ2v) is 9.34. The monoisotopic (exact) mass is 442 g/mol. The van der Waals surface area contributed by atoms with Crippen molar-refractivity contribution in [2.75, 3.05) is 13.2 Å². The Bertz CT molecular complexity index is 359. The van der Waals surface area contributed by atoms with E-state index in [4.69, 9.17) is 14.9 Å². The van der Waals surface area contributed by atoms with E-state index < -0.39 is 6.10 Å². The van der Waals surface area contributed by atoms with Crippen molar-refractivity contribution in [1.82, 2.24) is 0 Å². The maximum atomic E-state index is 11.4. The van der Waals surface area contributed by atoms with Gasteiger partial charge < -0.3 is 14.9 Å². The van der Waals surface area contributed by atoms with Crippen molar-refractivity contribution in [3.05, 3.63) is 0 Å². The highest BCUT2D eigenvalue weighted by molar-refractivity contribution is 5.69. The van der Waals surface area contributed by atoms with Crippen LogP contribution in [0.4, 0.5) is 0 Å². The van der Waals surface area contributed by atoms with Crippen LogP contribution in [0.5, 0.6) is 0 Å². The van der Waals surface area contributed by atoms with Crippen LogP contribution in [0.25, 0.3) is 0 Å². The summed E-state index contributed by atoms with van der Waals surface area (Å²) in [6.45, 7) is 1.81. The van der Waals surface area contributed by atoms with Crippen LogP contribution in [-0.4, -0.2) is 35.5 Å². The second kappa shape index (κ2) is 25.6. The molecule has 31 heavy (non-hydrogen) atoms. The molecule has 0 fully saturated rings. The number of hydrogen-bond donors (Lipinski definition) is 2. The van der Waals surface area contributed by atoms with Crippen LogP contribution >= 0.6 is 0 Å². The molecule has 0 aromatic rings. The third-order valence-corrected chi connectivity index (χ3v) is 6.13. The molecule has 0 saturated carbocycles. The molecule has 0 spiro atoms. The molecule has 0 amide bonds. The van der Waals surface area contributed by atoms with Gasteiger partial charge >= 0.3 is 5.97 Å². The third-order valence-electron chi connectivity index (χ3n) is 6.13. The molecule has 0 aliphatic heterocycles. The second-order valence-electron chi connectivity index (χ2n) is 9.34. The van der Waals surface area contributed by atoms with E-state index in [2.05, 4.69) is 6.92 Å². The molecule has 0 unspecified atom stereocenters. The lowest BCUT2D eigenvalue weighted by Crippen LogP contribution is -2.21. The van der Waals surface area contributed by atoms with Crippen molar-refractivity contribution in [2.45, 2.75) is 154 Å². The first-order valence-electron chi connectivity index (χ1n) is 13.6. The molecule has 1 atom stereocenters. The first-order valence-corrected chi connectivity index (χ1v) is 13.6. The number of ether oxygens (including phenoxy) is 1. The summed E-state index contributed by atoms with van der Waals surface area (Å²) in [5.41, 5.74) is 0. The predicted octanol–water partition coefficient (Wildman–Crippen LogP) is 7.48. The molecule has 2 N–H and O–H groups in total. The Hall–Kier alpha value is -0.610. The van der Waals surface area contributed by atoms with Crippen LogP contribution in [0, 0.1) is 0 Å². The van der Waals surface area contributed by atoms with Gasteiger partial charge in [-0.3, -0.25) is 4.79 Å². The maximum absolute atomic E-state index is 11.4. The smallest absolute Gasteiger partial charge is 0.305 e. The maximum Gasteiger partial charge on any atom is 0.305 e. The van der Waals surface area contributed by atoms with Crippen molar-refractivity contribution in [1.29, 1.82) is 0 Å². The summed E-state index contributed by atoms with van der Waals surface area (Å²) in [5.74, 6) is -0.273. The van der Waals surface area contributed by atoms with Crippen LogP contribution in [0.3, 0.4) is 0 Å². The minimum absolute atomic E-state index is 0.103. The highest BCUT2D eigenvalue weighted by Gasteiger charge is 2.07. The van der Waals surface area contributed by atoms with Crippen molar-refractivity contribution in [3.63, 3.8) is 0 Å². The van der Waals surface area contributed by atoms with Crippen LogP contribution in [0.1, 0.15) is 148 Å². The minimum atomic E-state index is -0.955. The number of carbonyl (C=O) groups is 1. The average molecular weight is 443 g/mol. The highest BCUT2D eigenvalue weighted by atomic mass is 16.5. The molecule has 0 heterocycles. The van der Waals surface area contributed by atoms with Gasteiger partial charge in [0.2, 0.25) is 0 Å². The van der Waals surface area contributed by atoms with Gasteiger partial charge in [0.1, 0.15) is 12.7 Å². The van der Waals surface area contributed by atoms with Crippen LogP contribution in [-0.2, 0) is 9.53 Å². The molecule has 0 radical (unpaired) electrons. The summed E-state index contributed by atoms with van der Waals surface area (Å²) in [7, 11) is 0. The number of rotatable bonds is 25. The van der Waals surface area contributed by atoms with E-state index in [1.165, 1.54) is 122 Å². The Morgan fingerprint density at radius 3 is 1.26 bits per heavy atom. The fourth-order valence-electron chi connectivity index (χ4n) is 4.02. The van der Waals surface area contributed by atoms with Crippen LogP contribution in [0.15, 0.2) is 0 Å². The lowest BCUT2D eigenvalue weighted by molar-refractivity contribution is -0.147. The molecule has 0 bridgehead atoms. The molecule has 0 aromatic carbocycles. The van der Waals surface area contributed by atoms with E-state index in [1.807, 2.05) is 0 Å². The summed E-state index contributed by atoms with van der Waals surface area (Å²) in [6.07, 6.45) is 27.8. The Morgan fingerprint density at radius 1 is 0.613 bits per heavy atom. The fraction of sp³-hybridized carbons (Fsp3) is 0.963. The molecule has 4 nitrogen and oxygen atoms in total. The molecule has 186 valence electrons. The summed E-state index contributed by atoms with van der Waals surface area (Å²) in [5, 5.41) is 17.8. The molecule has 0 aliphatic carbocycles. The van der Waals surface area contributed by atoms with Gasteiger partial charge in [0.15, 0.2) is 0 Å². The third kappa shape index (κ3) is 25.5. The van der Waals surface area contributed by atoms with E-state index in [0.29, 0.717) is 6.42 Å². The zero-order valence-corrected chi connectivity index (χ0v) is 20.8. The Kier molecular flexibility index (Phi) is 25.1. The molecule has 0 aromatic heterocycles. The number of unbranched alkanes of at least 4 members (excludes halogenated alkanes) is 20. The predicted molar refractivity (Wildman–Crippen MR) is 131 cm³/mol. The quantitative estimate of drug-likeness (QED) is 0.114. The lowest BCUT2D eigenvalue weighted by atomic mass is 10.0. The first-order chi connectivity index (χ1) is 15.2. The SMILES string of the molecule is CCCCCCCCCCCCCCCCCCCCCCCC(=O)OC[C@@H](O)CO. The fourth-order valence-corrected chi connectivity index (χ4v) is 4.02. The van der Waals surface area contributed by atoms with Gasteiger partial charge in [-0.05, 0) is 6.42 Å². The molecule has 0 rings (SSSR count). The van der Waals surface area contributed by atoms with Crippen molar-refractivity contribution in [3.8, 4) is 0 Å². The topological polar surface area (TPSA) is 66.8 Å². The normalized spacial score (nSPS) is 12.2. The van der Waals surface area contributed by atoms with Gasteiger partial charge in [0.25, 0.3) is 0 Å². The number of esters is 1. The first kappa shape index (κ1) is 30.4. The van der Waals surface area contributed by atoms with Gasteiger partial charge in [-0.25, -0.2) is 0 Å². The number of aliphatic hydroxyl groups is 2. The molecule has 4 heteroatoms. The van der Waals surface area contributed by atoms with Gasteiger partial charge in [-0.15, -0.1) is 0 Å². The zero-order valence-electron chi connectivity index (χ0n) is 20.8. The number of carbonyl (C=O) groups excluding carboxylic acids is 1. The Balaban J connectivity index is 3.10. The number of aliphatic hydroxyl groups excluding tert-OH is 2. The molecule has 0 aliphatic rings. The summed E-state index contributed by atoms with van der Waals surface area (Å²) in [4.78, 5) is 11.4. The summed E-state index contributed by atoms with van der Waals surface area (Å²) >= 11 is 0. The van der Waals surface area contributed by atoms with E-state index in [1.54, 1.807) is 0 Å².